The van der Waals surface area contributed by atoms with E-state index in [2.05, 4.69) is 18.8 Å². The van der Waals surface area contributed by atoms with Crippen LogP contribution in [0.25, 0.3) is 21.5 Å². The van der Waals surface area contributed by atoms with Gasteiger partial charge in [0.1, 0.15) is 10.6 Å². The molecular weight excluding hydrogens is 418 g/mol. The number of allylic oxidation sites excluding steroid dienone is 1. The van der Waals surface area contributed by atoms with Crippen molar-refractivity contribution in [3.05, 3.63) is 46.8 Å². The minimum atomic E-state index is -0.142. The van der Waals surface area contributed by atoms with Gasteiger partial charge in [0.05, 0.1) is 17.4 Å². The van der Waals surface area contributed by atoms with Crippen molar-refractivity contribution in [3.63, 3.8) is 0 Å². The normalized spacial score (nSPS) is 19.1. The minimum Gasteiger partial charge on any atom is -0.464 e. The van der Waals surface area contributed by atoms with Gasteiger partial charge in [-0.2, -0.15) is 0 Å². The number of carbonyl (C=O) groups is 1. The number of carbonyl (C=O) groups excluding carboxylic acids is 1. The largest absolute Gasteiger partial charge is 0.464 e. The van der Waals surface area contributed by atoms with E-state index >= 15 is 0 Å². The summed E-state index contributed by atoms with van der Waals surface area (Å²) in [7, 11) is 0. The number of nitrogens with zero attached hydrogens (tertiary/aromatic N) is 2. The summed E-state index contributed by atoms with van der Waals surface area (Å²) >= 11 is 2.70. The van der Waals surface area contributed by atoms with Crippen LogP contribution in [0.3, 0.4) is 0 Å². The number of amides is 1. The Bertz CT molecular complexity index is 1100. The SMILES string of the molecule is C=CCn1c(SCC(=O)N[C@@H]2CCCC[C@@H]2C)nc2scc(-c3ccco3)c2c1=O. The zero-order valence-corrected chi connectivity index (χ0v) is 18.6. The molecule has 3 aromatic heterocycles. The quantitative estimate of drug-likeness (QED) is 0.326. The van der Waals surface area contributed by atoms with E-state index in [1.54, 1.807) is 23.0 Å². The second-order valence-corrected chi connectivity index (χ2v) is 9.43. The van der Waals surface area contributed by atoms with Gasteiger partial charge in [0, 0.05) is 23.5 Å². The Morgan fingerprint density at radius 2 is 2.30 bits per heavy atom. The van der Waals surface area contributed by atoms with Crippen LogP contribution in [-0.4, -0.2) is 27.3 Å². The number of nitrogens with one attached hydrogen (secondary N) is 1. The molecule has 30 heavy (non-hydrogen) atoms. The first kappa shape index (κ1) is 20.9. The highest BCUT2D eigenvalue weighted by Gasteiger charge is 2.23. The zero-order chi connectivity index (χ0) is 21.1. The van der Waals surface area contributed by atoms with Crippen LogP contribution in [0, 0.1) is 5.92 Å². The average molecular weight is 444 g/mol. The van der Waals surface area contributed by atoms with Gasteiger partial charge in [0.25, 0.3) is 5.56 Å². The van der Waals surface area contributed by atoms with Gasteiger partial charge < -0.3 is 9.73 Å². The molecule has 0 bridgehead atoms. The second-order valence-electron chi connectivity index (χ2n) is 7.63. The highest BCUT2D eigenvalue weighted by Crippen LogP contribution is 2.32. The summed E-state index contributed by atoms with van der Waals surface area (Å²) in [6, 6.07) is 3.87. The van der Waals surface area contributed by atoms with E-state index in [0.29, 0.717) is 33.6 Å². The molecule has 0 radical (unpaired) electrons. The van der Waals surface area contributed by atoms with Crippen molar-refractivity contribution >= 4 is 39.2 Å². The molecule has 1 aliphatic carbocycles. The van der Waals surface area contributed by atoms with E-state index < -0.39 is 0 Å². The summed E-state index contributed by atoms with van der Waals surface area (Å²) in [5.74, 6) is 1.37. The van der Waals surface area contributed by atoms with Crippen molar-refractivity contribution in [3.8, 4) is 11.3 Å². The maximum Gasteiger partial charge on any atom is 0.263 e. The lowest BCUT2D eigenvalue weighted by Gasteiger charge is -2.29. The Balaban J connectivity index is 1.57. The smallest absolute Gasteiger partial charge is 0.263 e. The molecular formula is C22H25N3O3S2. The summed E-state index contributed by atoms with van der Waals surface area (Å²) in [5, 5.41) is 6.13. The van der Waals surface area contributed by atoms with Crippen molar-refractivity contribution in [2.75, 3.05) is 5.75 Å². The van der Waals surface area contributed by atoms with E-state index in [9.17, 15) is 9.59 Å². The number of aromatic nitrogens is 2. The Kier molecular flexibility index (Phi) is 6.43. The number of hydrogen-bond acceptors (Lipinski definition) is 6. The summed E-state index contributed by atoms with van der Waals surface area (Å²) < 4.78 is 7.06. The monoisotopic (exact) mass is 443 g/mol. The van der Waals surface area contributed by atoms with E-state index in [4.69, 9.17) is 9.40 Å². The zero-order valence-electron chi connectivity index (χ0n) is 16.9. The molecule has 3 heterocycles. The molecule has 0 unspecified atom stereocenters. The molecule has 1 amide bonds. The lowest BCUT2D eigenvalue weighted by atomic mass is 9.86. The van der Waals surface area contributed by atoms with Crippen LogP contribution < -0.4 is 10.9 Å². The Hall–Kier alpha value is -2.32. The average Bonchev–Trinajstić information content (AvgIpc) is 3.40. The fourth-order valence-electron chi connectivity index (χ4n) is 3.93. The maximum absolute atomic E-state index is 13.2. The Morgan fingerprint density at radius 1 is 1.47 bits per heavy atom. The molecule has 0 aliphatic heterocycles. The number of thiophene rings is 1. The van der Waals surface area contributed by atoms with Gasteiger partial charge in [0.2, 0.25) is 5.91 Å². The topological polar surface area (TPSA) is 77.1 Å². The van der Waals surface area contributed by atoms with Crippen LogP contribution in [0.15, 0.2) is 50.8 Å². The van der Waals surface area contributed by atoms with Gasteiger partial charge in [-0.3, -0.25) is 14.2 Å². The number of furan rings is 1. The van der Waals surface area contributed by atoms with E-state index in [1.165, 1.54) is 29.5 Å². The summed E-state index contributed by atoms with van der Waals surface area (Å²) in [6.45, 7) is 6.30. The molecule has 158 valence electrons. The summed E-state index contributed by atoms with van der Waals surface area (Å²) in [6.07, 6.45) is 7.85. The maximum atomic E-state index is 13.2. The molecule has 2 atom stereocenters. The third-order valence-electron chi connectivity index (χ3n) is 5.55. The molecule has 3 aromatic rings. The molecule has 6 nitrogen and oxygen atoms in total. The van der Waals surface area contributed by atoms with E-state index in [0.717, 1.165) is 24.8 Å². The summed E-state index contributed by atoms with van der Waals surface area (Å²) in [4.78, 5) is 31.1. The molecule has 1 aliphatic rings. The van der Waals surface area contributed by atoms with Crippen molar-refractivity contribution in [2.24, 2.45) is 5.92 Å². The number of thioether (sulfide) groups is 1. The molecule has 1 N–H and O–H groups in total. The van der Waals surface area contributed by atoms with Crippen LogP contribution in [0.5, 0.6) is 0 Å². The molecule has 1 saturated carbocycles. The van der Waals surface area contributed by atoms with Crippen LogP contribution >= 0.6 is 23.1 Å². The van der Waals surface area contributed by atoms with Crippen LogP contribution in [0.4, 0.5) is 0 Å². The molecule has 0 aromatic carbocycles. The molecule has 8 heteroatoms. The first-order chi connectivity index (χ1) is 14.6. The third-order valence-corrected chi connectivity index (χ3v) is 7.40. The van der Waals surface area contributed by atoms with Gasteiger partial charge in [-0.05, 0) is 30.9 Å². The van der Waals surface area contributed by atoms with Crippen molar-refractivity contribution in [2.45, 2.75) is 50.4 Å². The van der Waals surface area contributed by atoms with Crippen molar-refractivity contribution in [1.29, 1.82) is 0 Å². The minimum absolute atomic E-state index is 0.0132. The predicted molar refractivity (Wildman–Crippen MR) is 122 cm³/mol. The number of hydrogen-bond donors (Lipinski definition) is 1. The Morgan fingerprint density at radius 3 is 3.03 bits per heavy atom. The first-order valence-electron chi connectivity index (χ1n) is 10.2. The molecule has 0 saturated heterocycles. The van der Waals surface area contributed by atoms with Crippen molar-refractivity contribution < 1.29 is 9.21 Å². The first-order valence-corrected chi connectivity index (χ1v) is 12.0. The number of rotatable bonds is 7. The fraction of sp³-hybridized carbons (Fsp3) is 0.409. The second kappa shape index (κ2) is 9.22. The van der Waals surface area contributed by atoms with Gasteiger partial charge in [-0.1, -0.05) is 37.6 Å². The Labute approximate surface area is 183 Å². The molecule has 1 fully saturated rings. The molecule has 4 rings (SSSR count). The molecule has 0 spiro atoms. The summed E-state index contributed by atoms with van der Waals surface area (Å²) in [5.41, 5.74) is 0.604. The predicted octanol–water partition coefficient (Wildman–Crippen LogP) is 4.69. The van der Waals surface area contributed by atoms with Crippen LogP contribution in [0.2, 0.25) is 0 Å². The lowest BCUT2D eigenvalue weighted by molar-refractivity contribution is -0.119. The van der Waals surface area contributed by atoms with Gasteiger partial charge in [0.15, 0.2) is 5.16 Å². The van der Waals surface area contributed by atoms with Gasteiger partial charge in [-0.25, -0.2) is 4.98 Å². The van der Waals surface area contributed by atoms with E-state index in [1.807, 2.05) is 11.4 Å². The highest BCUT2D eigenvalue weighted by atomic mass is 32.2. The number of fused-ring (bicyclic) bond motifs is 1. The lowest BCUT2D eigenvalue weighted by Crippen LogP contribution is -2.41. The van der Waals surface area contributed by atoms with Gasteiger partial charge in [-0.15, -0.1) is 17.9 Å². The van der Waals surface area contributed by atoms with Crippen LogP contribution in [0.1, 0.15) is 32.6 Å². The third kappa shape index (κ3) is 4.25. The van der Waals surface area contributed by atoms with Gasteiger partial charge >= 0.3 is 0 Å². The fourth-order valence-corrected chi connectivity index (χ4v) is 5.72. The highest BCUT2D eigenvalue weighted by molar-refractivity contribution is 7.99. The standard InChI is InChI=1S/C22H25N3O3S2/c1-3-10-25-21(27)19-15(17-9-6-11-28-17)12-29-20(19)24-22(25)30-13-18(26)23-16-8-5-4-7-14(16)2/h3,6,9,11-12,14,16H,1,4-5,7-8,10,13H2,2H3,(H,23,26)/t14-,16+/m0/s1. The van der Waals surface area contributed by atoms with Crippen molar-refractivity contribution in [1.82, 2.24) is 14.9 Å². The van der Waals surface area contributed by atoms with Crippen LogP contribution in [-0.2, 0) is 11.3 Å². The van der Waals surface area contributed by atoms with E-state index in [-0.39, 0.29) is 23.3 Å².